The van der Waals surface area contributed by atoms with E-state index in [0.717, 1.165) is 17.2 Å². The molecule has 26 heavy (non-hydrogen) atoms. The molecule has 0 aliphatic carbocycles. The highest BCUT2D eigenvalue weighted by molar-refractivity contribution is 6.11. The molecule has 1 aliphatic rings. The lowest BCUT2D eigenvalue weighted by molar-refractivity contribution is -0.137. The largest absolute Gasteiger partial charge is 0.379 e. The summed E-state index contributed by atoms with van der Waals surface area (Å²) in [5.41, 5.74) is 1.39. The summed E-state index contributed by atoms with van der Waals surface area (Å²) < 4.78 is 14.5. The van der Waals surface area contributed by atoms with Crippen molar-refractivity contribution in [1.82, 2.24) is 14.9 Å². The summed E-state index contributed by atoms with van der Waals surface area (Å²) in [5, 5.41) is 3.24. The number of aromatic amines is 1. The van der Waals surface area contributed by atoms with Crippen LogP contribution in [0.25, 0.3) is 0 Å². The van der Waals surface area contributed by atoms with Crippen molar-refractivity contribution in [3.63, 3.8) is 0 Å². The Labute approximate surface area is 152 Å². The molecule has 2 heterocycles. The van der Waals surface area contributed by atoms with Crippen molar-refractivity contribution in [3.05, 3.63) is 47.3 Å². The summed E-state index contributed by atoms with van der Waals surface area (Å²) in [6.07, 6.45) is 1.76. The summed E-state index contributed by atoms with van der Waals surface area (Å²) in [7, 11) is 1.64. The van der Waals surface area contributed by atoms with Gasteiger partial charge in [-0.3, -0.25) is 14.7 Å². The van der Waals surface area contributed by atoms with Crippen LogP contribution < -0.4 is 5.32 Å². The Morgan fingerprint density at radius 2 is 2.12 bits per heavy atom. The number of amides is 1. The zero-order chi connectivity index (χ0) is 19.1. The fraction of sp³-hybridized carbons (Fsp3) is 0.421. The van der Waals surface area contributed by atoms with Gasteiger partial charge < -0.3 is 10.3 Å². The topological polar surface area (TPSA) is 73.4 Å². The summed E-state index contributed by atoms with van der Waals surface area (Å²) in [6.45, 7) is 8.02. The van der Waals surface area contributed by atoms with Gasteiger partial charge in [0, 0.05) is 12.7 Å². The molecule has 3 rings (SSSR count). The van der Waals surface area contributed by atoms with Gasteiger partial charge in [-0.1, -0.05) is 0 Å². The van der Waals surface area contributed by atoms with Crippen LogP contribution in [0, 0.1) is 18.2 Å². The van der Waals surface area contributed by atoms with E-state index < -0.39 is 11.2 Å². The number of aromatic nitrogens is 2. The number of aliphatic imine (C=N–C) groups is 1. The molecule has 7 heteroatoms. The van der Waals surface area contributed by atoms with Crippen LogP contribution in [0.5, 0.6) is 0 Å². The van der Waals surface area contributed by atoms with Crippen LogP contribution in [0.15, 0.2) is 29.4 Å². The first-order valence-electron chi connectivity index (χ1n) is 8.60. The van der Waals surface area contributed by atoms with E-state index in [-0.39, 0.29) is 11.9 Å². The molecule has 1 atom stereocenters. The number of halogens is 1. The first-order valence-corrected chi connectivity index (χ1v) is 8.60. The van der Waals surface area contributed by atoms with Crippen molar-refractivity contribution in [2.24, 2.45) is 10.4 Å². The minimum Gasteiger partial charge on any atom is -0.379 e. The van der Waals surface area contributed by atoms with Crippen molar-refractivity contribution >= 4 is 17.4 Å². The molecular weight excluding hydrogens is 333 g/mol. The van der Waals surface area contributed by atoms with E-state index in [1.807, 2.05) is 27.7 Å². The number of carbonyl (C=O) groups excluding carboxylic acids is 1. The lowest BCUT2D eigenvalue weighted by atomic mass is 9.82. The van der Waals surface area contributed by atoms with Gasteiger partial charge in [-0.05, 0) is 45.9 Å². The minimum absolute atomic E-state index is 0.0688. The Balaban J connectivity index is 1.89. The predicted octanol–water partition coefficient (Wildman–Crippen LogP) is 3.10. The fourth-order valence-corrected chi connectivity index (χ4v) is 2.95. The van der Waals surface area contributed by atoms with E-state index in [1.165, 1.54) is 11.0 Å². The number of nitrogens with one attached hydrogen (secondary N) is 2. The van der Waals surface area contributed by atoms with Crippen LogP contribution in [0.1, 0.15) is 37.9 Å². The van der Waals surface area contributed by atoms with Crippen LogP contribution in [-0.2, 0) is 11.3 Å². The molecule has 0 saturated carbocycles. The number of anilines is 1. The second-order valence-corrected chi connectivity index (χ2v) is 7.26. The number of amidine groups is 1. The number of H-pyrrole nitrogens is 1. The first kappa shape index (κ1) is 18.1. The average molecular weight is 357 g/mol. The third-order valence-electron chi connectivity index (χ3n) is 4.98. The summed E-state index contributed by atoms with van der Waals surface area (Å²) in [4.78, 5) is 26.0. The molecule has 1 aromatic heterocycles. The number of aryl methyl sites for hydroxylation is 1. The minimum atomic E-state index is -0.608. The molecular formula is C19H24FN5O. The Hall–Kier alpha value is -2.70. The molecule has 1 aliphatic heterocycles. The van der Waals surface area contributed by atoms with Gasteiger partial charge in [-0.25, -0.2) is 9.37 Å². The Morgan fingerprint density at radius 3 is 2.77 bits per heavy atom. The Bertz CT molecular complexity index is 871. The monoisotopic (exact) mass is 357 g/mol. The maximum absolute atomic E-state index is 14.5. The number of hydrogen-bond donors (Lipinski definition) is 2. The summed E-state index contributed by atoms with van der Waals surface area (Å²) >= 11 is 0. The number of benzene rings is 1. The molecule has 0 spiro atoms. The highest BCUT2D eigenvalue weighted by Gasteiger charge is 2.42. The number of carbonyl (C=O) groups is 1. The van der Waals surface area contributed by atoms with E-state index in [0.29, 0.717) is 17.9 Å². The van der Waals surface area contributed by atoms with Gasteiger partial charge in [-0.15, -0.1) is 0 Å². The molecule has 2 N–H and O–H groups in total. The second-order valence-electron chi connectivity index (χ2n) is 7.26. The van der Waals surface area contributed by atoms with Crippen molar-refractivity contribution in [2.45, 2.75) is 40.3 Å². The van der Waals surface area contributed by atoms with Gasteiger partial charge in [0.1, 0.15) is 17.5 Å². The maximum atomic E-state index is 14.5. The quantitative estimate of drug-likeness (QED) is 0.883. The van der Waals surface area contributed by atoms with Gasteiger partial charge in [0.05, 0.1) is 35.5 Å². The predicted molar refractivity (Wildman–Crippen MR) is 99.6 cm³/mol. The molecule has 1 amide bonds. The number of hydrogen-bond acceptors (Lipinski definition) is 4. The Kier molecular flexibility index (Phi) is 4.56. The maximum Gasteiger partial charge on any atom is 0.235 e. The van der Waals surface area contributed by atoms with Gasteiger partial charge in [-0.2, -0.15) is 0 Å². The van der Waals surface area contributed by atoms with Crippen molar-refractivity contribution < 1.29 is 9.18 Å². The number of imidazole rings is 1. The molecule has 1 unspecified atom stereocenters. The molecule has 0 bridgehead atoms. The standard InChI is InChI=1S/C19H24FN5O/c1-11-19(3,4)18(26)25(5)17(23-11)15-8-13(6-7-16(15)20)22-10-14-9-21-12(2)24-14/h6-9,11,22H,10H2,1-5H3,(H,21,24). The van der Waals surface area contributed by atoms with Crippen LogP contribution >= 0.6 is 0 Å². The normalized spacial score (nSPS) is 19.5. The van der Waals surface area contributed by atoms with Gasteiger partial charge >= 0.3 is 0 Å². The van der Waals surface area contributed by atoms with Crippen molar-refractivity contribution in [3.8, 4) is 0 Å². The lowest BCUT2D eigenvalue weighted by Gasteiger charge is -2.38. The SMILES string of the molecule is Cc1ncc(CNc2ccc(F)c(C3=NC(C)C(C)(C)C(=O)N3C)c2)[nH]1. The van der Waals surface area contributed by atoms with E-state index in [1.54, 1.807) is 25.4 Å². The molecule has 0 fully saturated rings. The third-order valence-corrected chi connectivity index (χ3v) is 4.98. The zero-order valence-corrected chi connectivity index (χ0v) is 15.7. The van der Waals surface area contributed by atoms with Crippen LogP contribution in [-0.4, -0.2) is 39.7 Å². The third kappa shape index (κ3) is 3.21. The van der Waals surface area contributed by atoms with E-state index in [9.17, 15) is 9.18 Å². The van der Waals surface area contributed by atoms with Crippen LogP contribution in [0.2, 0.25) is 0 Å². The Morgan fingerprint density at radius 1 is 1.38 bits per heavy atom. The van der Waals surface area contributed by atoms with Gasteiger partial charge in [0.25, 0.3) is 0 Å². The van der Waals surface area contributed by atoms with Crippen LogP contribution in [0.4, 0.5) is 10.1 Å². The molecule has 1 aromatic carbocycles. The first-order chi connectivity index (χ1) is 12.2. The molecule has 138 valence electrons. The fourth-order valence-electron chi connectivity index (χ4n) is 2.95. The van der Waals surface area contributed by atoms with Crippen molar-refractivity contribution in [1.29, 1.82) is 0 Å². The summed E-state index contributed by atoms with van der Waals surface area (Å²) in [6, 6.07) is 4.51. The van der Waals surface area contributed by atoms with Crippen molar-refractivity contribution in [2.75, 3.05) is 12.4 Å². The van der Waals surface area contributed by atoms with Gasteiger partial charge in [0.15, 0.2) is 0 Å². The summed E-state index contributed by atoms with van der Waals surface area (Å²) in [5.74, 6) is 0.731. The molecule has 0 radical (unpaired) electrons. The highest BCUT2D eigenvalue weighted by Crippen LogP contribution is 2.32. The molecule has 2 aromatic rings. The molecule has 0 saturated heterocycles. The van der Waals surface area contributed by atoms with E-state index >= 15 is 0 Å². The average Bonchev–Trinajstić information content (AvgIpc) is 3.02. The highest BCUT2D eigenvalue weighted by atomic mass is 19.1. The smallest absolute Gasteiger partial charge is 0.235 e. The van der Waals surface area contributed by atoms with Crippen LogP contribution in [0.3, 0.4) is 0 Å². The zero-order valence-electron chi connectivity index (χ0n) is 15.7. The van der Waals surface area contributed by atoms with E-state index in [4.69, 9.17) is 0 Å². The van der Waals surface area contributed by atoms with E-state index in [2.05, 4.69) is 20.3 Å². The van der Waals surface area contributed by atoms with Gasteiger partial charge in [0.2, 0.25) is 5.91 Å². The second kappa shape index (κ2) is 6.55. The number of rotatable bonds is 4. The molecule has 6 nitrogen and oxygen atoms in total. The lowest BCUT2D eigenvalue weighted by Crippen LogP contribution is -2.51. The number of nitrogens with zero attached hydrogens (tertiary/aromatic N) is 3.